The fraction of sp³-hybridized carbons (Fsp3) is 0.312. The van der Waals surface area contributed by atoms with Crippen molar-refractivity contribution in [1.82, 2.24) is 10.1 Å². The van der Waals surface area contributed by atoms with Gasteiger partial charge in [0.1, 0.15) is 16.5 Å². The van der Waals surface area contributed by atoms with Crippen LogP contribution >= 0.6 is 23.2 Å². The van der Waals surface area contributed by atoms with Crippen LogP contribution in [0.1, 0.15) is 12.7 Å². The van der Waals surface area contributed by atoms with Crippen LogP contribution in [0, 0.1) is 6.92 Å². The molecule has 7 nitrogen and oxygen atoms in total. The van der Waals surface area contributed by atoms with E-state index < -0.39 is 12.0 Å². The smallest absolute Gasteiger partial charge is 0.263 e. The molecule has 1 aromatic carbocycles. The second kappa shape index (κ2) is 8.22. The molecule has 0 fully saturated rings. The van der Waals surface area contributed by atoms with Crippen molar-refractivity contribution in [2.45, 2.75) is 20.0 Å². The Bertz CT molecular complexity index is 778. The number of carbonyl (C=O) groups excluding carboxylic acids is 2. The molecule has 2 rings (SSSR count). The third-order valence-electron chi connectivity index (χ3n) is 3.22. The van der Waals surface area contributed by atoms with Crippen LogP contribution in [0.15, 0.2) is 28.8 Å². The largest absolute Gasteiger partial charge is 0.479 e. The first-order chi connectivity index (χ1) is 11.8. The second-order valence-corrected chi connectivity index (χ2v) is 6.16. The number of hydrogen-bond acceptors (Lipinski definition) is 5. The van der Waals surface area contributed by atoms with Crippen LogP contribution in [0.5, 0.6) is 5.75 Å². The van der Waals surface area contributed by atoms with Crippen LogP contribution in [0.2, 0.25) is 10.0 Å². The number of amides is 2. The fourth-order valence-corrected chi connectivity index (χ4v) is 2.36. The molecule has 1 N–H and O–H groups in total. The molecule has 0 spiro atoms. The maximum absolute atomic E-state index is 12.3. The molecule has 0 bridgehead atoms. The number of anilines is 1. The van der Waals surface area contributed by atoms with Gasteiger partial charge in [0.05, 0.1) is 11.6 Å². The van der Waals surface area contributed by atoms with Crippen molar-refractivity contribution >= 4 is 40.8 Å². The molecule has 9 heteroatoms. The lowest BCUT2D eigenvalue weighted by atomic mass is 10.3. The number of nitrogens with zero attached hydrogens (tertiary/aromatic N) is 2. The van der Waals surface area contributed by atoms with Crippen molar-refractivity contribution in [3.63, 3.8) is 0 Å². The summed E-state index contributed by atoms with van der Waals surface area (Å²) in [6.45, 7) is 3.11. The van der Waals surface area contributed by atoms with Gasteiger partial charge in [0.15, 0.2) is 11.9 Å². The van der Waals surface area contributed by atoms with Crippen molar-refractivity contribution in [3.8, 4) is 5.75 Å². The lowest BCUT2D eigenvalue weighted by Crippen LogP contribution is -2.42. The molecule has 1 aromatic heterocycles. The van der Waals surface area contributed by atoms with Crippen molar-refractivity contribution in [2.75, 3.05) is 18.9 Å². The van der Waals surface area contributed by atoms with E-state index in [4.69, 9.17) is 32.5 Å². The first-order valence-electron chi connectivity index (χ1n) is 7.36. The quantitative estimate of drug-likeness (QED) is 0.825. The Labute approximate surface area is 154 Å². The average Bonchev–Trinajstić information content (AvgIpc) is 2.95. The third kappa shape index (κ3) is 5.11. The van der Waals surface area contributed by atoms with E-state index in [2.05, 4.69) is 10.5 Å². The SMILES string of the molecule is Cc1cc(NC(=O)CN(C)C(=O)[C@@H](C)Oc2cccc(Cl)c2Cl)no1. The first kappa shape index (κ1) is 19.1. The number of ether oxygens (including phenoxy) is 1. The van der Waals surface area contributed by atoms with Crippen molar-refractivity contribution < 1.29 is 18.8 Å². The summed E-state index contributed by atoms with van der Waals surface area (Å²) in [7, 11) is 1.50. The fourth-order valence-electron chi connectivity index (χ4n) is 2.03. The molecule has 0 aliphatic carbocycles. The number of aryl methyl sites for hydroxylation is 1. The highest BCUT2D eigenvalue weighted by Crippen LogP contribution is 2.32. The van der Waals surface area contributed by atoms with Gasteiger partial charge in [-0.3, -0.25) is 9.59 Å². The minimum absolute atomic E-state index is 0.165. The zero-order valence-electron chi connectivity index (χ0n) is 13.9. The van der Waals surface area contributed by atoms with E-state index in [0.717, 1.165) is 0 Å². The highest BCUT2D eigenvalue weighted by molar-refractivity contribution is 6.42. The maximum Gasteiger partial charge on any atom is 0.263 e. The van der Waals surface area contributed by atoms with Gasteiger partial charge >= 0.3 is 0 Å². The summed E-state index contributed by atoms with van der Waals surface area (Å²) in [6, 6.07) is 6.47. The summed E-state index contributed by atoms with van der Waals surface area (Å²) < 4.78 is 10.4. The summed E-state index contributed by atoms with van der Waals surface area (Å²) in [4.78, 5) is 25.5. The zero-order valence-corrected chi connectivity index (χ0v) is 15.4. The molecule has 0 unspecified atom stereocenters. The summed E-state index contributed by atoms with van der Waals surface area (Å²) in [5, 5.41) is 6.75. The van der Waals surface area contributed by atoms with Crippen LogP contribution in [0.25, 0.3) is 0 Å². The Morgan fingerprint density at radius 2 is 2.12 bits per heavy atom. The minimum Gasteiger partial charge on any atom is -0.479 e. The Morgan fingerprint density at radius 1 is 1.40 bits per heavy atom. The van der Waals surface area contributed by atoms with Gasteiger partial charge in [0.2, 0.25) is 5.91 Å². The molecule has 0 aliphatic heterocycles. The molecule has 25 heavy (non-hydrogen) atoms. The van der Waals surface area contributed by atoms with Gasteiger partial charge in [-0.15, -0.1) is 0 Å². The van der Waals surface area contributed by atoms with Crippen LogP contribution in [-0.4, -0.2) is 41.6 Å². The van der Waals surface area contributed by atoms with E-state index >= 15 is 0 Å². The first-order valence-corrected chi connectivity index (χ1v) is 8.12. The van der Waals surface area contributed by atoms with Gasteiger partial charge in [-0.1, -0.05) is 34.4 Å². The number of hydrogen-bond donors (Lipinski definition) is 1. The number of likely N-dealkylation sites (N-methyl/N-ethyl adjacent to an activating group) is 1. The summed E-state index contributed by atoms with van der Waals surface area (Å²) in [5.74, 6) is 0.365. The number of aromatic nitrogens is 1. The predicted molar refractivity (Wildman–Crippen MR) is 94.1 cm³/mol. The maximum atomic E-state index is 12.3. The summed E-state index contributed by atoms with van der Waals surface area (Å²) in [5.41, 5.74) is 0. The Balaban J connectivity index is 1.92. The van der Waals surface area contributed by atoms with E-state index in [9.17, 15) is 9.59 Å². The Hall–Kier alpha value is -2.25. The van der Waals surface area contributed by atoms with Crippen molar-refractivity contribution in [3.05, 3.63) is 40.1 Å². The number of rotatable bonds is 6. The van der Waals surface area contributed by atoms with E-state index in [1.165, 1.54) is 11.9 Å². The van der Waals surface area contributed by atoms with E-state index in [1.807, 2.05) is 0 Å². The van der Waals surface area contributed by atoms with Crippen LogP contribution in [-0.2, 0) is 9.59 Å². The van der Waals surface area contributed by atoms with E-state index in [-0.39, 0.29) is 17.5 Å². The van der Waals surface area contributed by atoms with E-state index in [0.29, 0.717) is 22.4 Å². The molecule has 1 atom stereocenters. The Kier molecular flexibility index (Phi) is 6.27. The van der Waals surface area contributed by atoms with Crippen LogP contribution in [0.3, 0.4) is 0 Å². The van der Waals surface area contributed by atoms with Gasteiger partial charge < -0.3 is 19.5 Å². The van der Waals surface area contributed by atoms with Crippen molar-refractivity contribution in [1.29, 1.82) is 0 Å². The van der Waals surface area contributed by atoms with Gasteiger partial charge in [0.25, 0.3) is 5.91 Å². The number of halogens is 2. The van der Waals surface area contributed by atoms with Gasteiger partial charge in [-0.2, -0.15) is 0 Å². The minimum atomic E-state index is -0.844. The topological polar surface area (TPSA) is 84.7 Å². The normalized spacial score (nSPS) is 11.7. The number of benzene rings is 1. The molecule has 134 valence electrons. The monoisotopic (exact) mass is 385 g/mol. The molecular weight excluding hydrogens is 369 g/mol. The summed E-state index contributed by atoms with van der Waals surface area (Å²) in [6.07, 6.45) is -0.844. The molecular formula is C16H17Cl2N3O4. The van der Waals surface area contributed by atoms with E-state index in [1.54, 1.807) is 38.1 Å². The Morgan fingerprint density at radius 3 is 2.76 bits per heavy atom. The number of carbonyl (C=O) groups is 2. The van der Waals surface area contributed by atoms with Crippen LogP contribution in [0.4, 0.5) is 5.82 Å². The van der Waals surface area contributed by atoms with Gasteiger partial charge in [-0.05, 0) is 26.0 Å². The lowest BCUT2D eigenvalue weighted by Gasteiger charge is -2.22. The highest BCUT2D eigenvalue weighted by Gasteiger charge is 2.22. The predicted octanol–water partition coefficient (Wildman–Crippen LogP) is 3.15. The molecule has 2 amide bonds. The van der Waals surface area contributed by atoms with Gasteiger partial charge in [-0.25, -0.2) is 0 Å². The highest BCUT2D eigenvalue weighted by atomic mass is 35.5. The van der Waals surface area contributed by atoms with Gasteiger partial charge in [0, 0.05) is 13.1 Å². The molecule has 0 saturated heterocycles. The lowest BCUT2D eigenvalue weighted by molar-refractivity contribution is -0.139. The molecule has 0 radical (unpaired) electrons. The zero-order chi connectivity index (χ0) is 18.6. The summed E-state index contributed by atoms with van der Waals surface area (Å²) >= 11 is 11.9. The van der Waals surface area contributed by atoms with Crippen molar-refractivity contribution in [2.24, 2.45) is 0 Å². The molecule has 0 aliphatic rings. The molecule has 0 saturated carbocycles. The number of nitrogens with one attached hydrogen (secondary N) is 1. The van der Waals surface area contributed by atoms with Crippen LogP contribution < -0.4 is 10.1 Å². The standard InChI is InChI=1S/C16H17Cl2N3O4/c1-9-7-13(20-25-9)19-14(22)8-21(3)16(23)10(2)24-12-6-4-5-11(17)15(12)18/h4-7,10H,8H2,1-3H3,(H,19,20,22)/t10-/m1/s1. The molecule has 2 aromatic rings. The average molecular weight is 386 g/mol. The second-order valence-electron chi connectivity index (χ2n) is 5.38. The molecule has 1 heterocycles. The third-order valence-corrected chi connectivity index (χ3v) is 4.02.